The topological polar surface area (TPSA) is 61.4 Å². The minimum atomic E-state index is -0.0382. The number of rotatable bonds is 6. The molecule has 1 saturated heterocycles. The zero-order valence-electron chi connectivity index (χ0n) is 20.6. The highest BCUT2D eigenvalue weighted by Crippen LogP contribution is 2.26. The number of aromatic nitrogens is 2. The molecule has 1 aliphatic heterocycles. The van der Waals surface area contributed by atoms with Gasteiger partial charge in [0.25, 0.3) is 0 Å². The summed E-state index contributed by atoms with van der Waals surface area (Å²) in [6.45, 7) is 9.27. The first-order valence-corrected chi connectivity index (χ1v) is 12.4. The Morgan fingerprint density at radius 2 is 1.65 bits per heavy atom. The number of hydrogen-bond donors (Lipinski definition) is 1. The van der Waals surface area contributed by atoms with Gasteiger partial charge in [-0.25, -0.2) is 14.8 Å². The van der Waals surface area contributed by atoms with Crippen LogP contribution in [0.1, 0.15) is 48.5 Å². The van der Waals surface area contributed by atoms with Crippen LogP contribution in [0.25, 0.3) is 0 Å². The van der Waals surface area contributed by atoms with Crippen molar-refractivity contribution < 1.29 is 4.79 Å². The third-order valence-corrected chi connectivity index (χ3v) is 6.44. The van der Waals surface area contributed by atoms with Crippen LogP contribution in [-0.4, -0.2) is 47.1 Å². The predicted molar refractivity (Wildman–Crippen MR) is 139 cm³/mol. The van der Waals surface area contributed by atoms with Crippen molar-refractivity contribution in [3.63, 3.8) is 0 Å². The van der Waals surface area contributed by atoms with Gasteiger partial charge in [-0.15, -0.1) is 0 Å². The lowest BCUT2D eigenvalue weighted by Gasteiger charge is -2.26. The second-order valence-electron chi connectivity index (χ2n) is 8.84. The van der Waals surface area contributed by atoms with Crippen molar-refractivity contribution in [1.29, 1.82) is 0 Å². The minimum absolute atomic E-state index is 0.0382. The number of urea groups is 1. The summed E-state index contributed by atoms with van der Waals surface area (Å²) >= 11 is 0. The number of nitrogens with zero attached hydrogens (tertiary/aromatic N) is 4. The number of anilines is 2. The summed E-state index contributed by atoms with van der Waals surface area (Å²) in [5.41, 5.74) is 5.68. The molecule has 4 rings (SSSR count). The number of hydrogen-bond acceptors (Lipinski definition) is 4. The van der Waals surface area contributed by atoms with E-state index in [1.165, 1.54) is 16.7 Å². The molecule has 0 saturated carbocycles. The minimum Gasteiger partial charge on any atom is -0.354 e. The molecule has 2 heterocycles. The Bertz CT molecular complexity index is 1100. The normalized spacial score (nSPS) is 14.1. The molecule has 2 aromatic carbocycles. The Labute approximate surface area is 203 Å². The summed E-state index contributed by atoms with van der Waals surface area (Å²) in [5.74, 6) is 1.82. The molecule has 6 nitrogen and oxygen atoms in total. The Morgan fingerprint density at radius 1 is 0.882 bits per heavy atom. The second kappa shape index (κ2) is 11.1. The first kappa shape index (κ1) is 23.7. The van der Waals surface area contributed by atoms with E-state index in [1.54, 1.807) is 0 Å². The largest absolute Gasteiger partial charge is 0.354 e. The van der Waals surface area contributed by atoms with Crippen molar-refractivity contribution in [2.45, 2.75) is 46.5 Å². The predicted octanol–water partition coefficient (Wildman–Crippen LogP) is 5.24. The van der Waals surface area contributed by atoms with Gasteiger partial charge in [-0.05, 0) is 49.4 Å². The first-order chi connectivity index (χ1) is 16.6. The molecule has 1 aliphatic rings. The molecule has 0 radical (unpaired) electrons. The molecule has 1 aromatic heterocycles. The van der Waals surface area contributed by atoms with Gasteiger partial charge in [-0.3, -0.25) is 0 Å². The lowest BCUT2D eigenvalue weighted by atomic mass is 10.0. The van der Waals surface area contributed by atoms with Gasteiger partial charge in [0.1, 0.15) is 11.6 Å². The molecule has 2 amide bonds. The van der Waals surface area contributed by atoms with Gasteiger partial charge in [0.15, 0.2) is 0 Å². The van der Waals surface area contributed by atoms with Crippen LogP contribution in [0.15, 0.2) is 54.6 Å². The molecule has 0 atom stereocenters. The molecule has 0 bridgehead atoms. The van der Waals surface area contributed by atoms with Crippen LogP contribution in [0.5, 0.6) is 0 Å². The Hall–Kier alpha value is -3.41. The van der Waals surface area contributed by atoms with Gasteiger partial charge >= 0.3 is 6.03 Å². The molecular formula is C28H35N5O. The molecule has 3 aromatic rings. The molecule has 0 spiro atoms. The average Bonchev–Trinajstić information content (AvgIpc) is 3.12. The fourth-order valence-electron chi connectivity index (χ4n) is 4.53. The van der Waals surface area contributed by atoms with Gasteiger partial charge in [0.2, 0.25) is 0 Å². The third-order valence-electron chi connectivity index (χ3n) is 6.44. The molecule has 34 heavy (non-hydrogen) atoms. The maximum Gasteiger partial charge on any atom is 0.321 e. The molecule has 1 fully saturated rings. The van der Waals surface area contributed by atoms with Gasteiger partial charge in [0, 0.05) is 49.5 Å². The summed E-state index contributed by atoms with van der Waals surface area (Å²) in [6, 6.07) is 18.6. The fourth-order valence-corrected chi connectivity index (χ4v) is 4.53. The molecule has 178 valence electrons. The standard InChI is InChI=1S/C28H35N5O/c1-4-22-12-14-24(15-13-22)31-28(34)33-17-9-16-32(18-19-33)27-25(20-23-10-7-6-8-11-23)26(5-2)29-21(3)30-27/h6-8,10-15H,4-5,9,16-20H2,1-3H3,(H,31,34). The molecule has 0 unspecified atom stereocenters. The monoisotopic (exact) mass is 457 g/mol. The molecule has 1 N–H and O–H groups in total. The van der Waals surface area contributed by atoms with Crippen LogP contribution < -0.4 is 10.2 Å². The number of aryl methyl sites for hydroxylation is 3. The highest BCUT2D eigenvalue weighted by molar-refractivity contribution is 5.89. The lowest BCUT2D eigenvalue weighted by molar-refractivity contribution is 0.215. The van der Waals surface area contributed by atoms with Crippen molar-refractivity contribution in [3.8, 4) is 0 Å². The Kier molecular flexibility index (Phi) is 7.78. The molecule has 6 heteroatoms. The highest BCUT2D eigenvalue weighted by atomic mass is 16.2. The maximum atomic E-state index is 13.0. The van der Waals surface area contributed by atoms with Crippen LogP contribution in [0.2, 0.25) is 0 Å². The first-order valence-electron chi connectivity index (χ1n) is 12.4. The summed E-state index contributed by atoms with van der Waals surface area (Å²) < 4.78 is 0. The van der Waals surface area contributed by atoms with E-state index in [0.29, 0.717) is 6.54 Å². The van der Waals surface area contributed by atoms with Crippen LogP contribution in [0.3, 0.4) is 0 Å². The summed E-state index contributed by atoms with van der Waals surface area (Å²) in [6.07, 6.45) is 3.58. The molecule has 0 aliphatic carbocycles. The number of carbonyl (C=O) groups excluding carboxylic acids is 1. The van der Waals surface area contributed by atoms with Gasteiger partial charge < -0.3 is 15.1 Å². The summed E-state index contributed by atoms with van der Waals surface area (Å²) in [4.78, 5) is 26.9. The fraction of sp³-hybridized carbons (Fsp3) is 0.393. The van der Waals surface area contributed by atoms with Crippen molar-refractivity contribution in [1.82, 2.24) is 14.9 Å². The van der Waals surface area contributed by atoms with E-state index in [9.17, 15) is 4.79 Å². The van der Waals surface area contributed by atoms with E-state index >= 15 is 0 Å². The van der Waals surface area contributed by atoms with E-state index in [2.05, 4.69) is 60.5 Å². The van der Waals surface area contributed by atoms with Gasteiger partial charge in [-0.2, -0.15) is 0 Å². The van der Waals surface area contributed by atoms with Crippen LogP contribution in [0.4, 0.5) is 16.3 Å². The van der Waals surface area contributed by atoms with E-state index in [-0.39, 0.29) is 6.03 Å². The van der Waals surface area contributed by atoms with Crippen LogP contribution in [0, 0.1) is 6.92 Å². The zero-order valence-corrected chi connectivity index (χ0v) is 20.6. The lowest BCUT2D eigenvalue weighted by Crippen LogP contribution is -2.38. The quantitative estimate of drug-likeness (QED) is 0.550. The van der Waals surface area contributed by atoms with Gasteiger partial charge in [0.05, 0.1) is 0 Å². The average molecular weight is 458 g/mol. The van der Waals surface area contributed by atoms with Crippen molar-refractivity contribution in [3.05, 3.63) is 82.8 Å². The summed E-state index contributed by atoms with van der Waals surface area (Å²) in [7, 11) is 0. The van der Waals surface area contributed by atoms with Crippen LogP contribution >= 0.6 is 0 Å². The van der Waals surface area contributed by atoms with E-state index in [0.717, 1.165) is 68.3 Å². The number of carbonyl (C=O) groups is 1. The molecular weight excluding hydrogens is 422 g/mol. The smallest absolute Gasteiger partial charge is 0.321 e. The zero-order chi connectivity index (χ0) is 23.9. The van der Waals surface area contributed by atoms with E-state index in [4.69, 9.17) is 9.97 Å². The number of benzene rings is 2. The SMILES string of the molecule is CCc1ccc(NC(=O)N2CCCN(c3nc(C)nc(CC)c3Cc3ccccc3)CC2)cc1. The maximum absolute atomic E-state index is 13.0. The Balaban J connectivity index is 1.50. The third kappa shape index (κ3) is 5.74. The summed E-state index contributed by atoms with van der Waals surface area (Å²) in [5, 5.41) is 3.06. The van der Waals surface area contributed by atoms with Crippen molar-refractivity contribution in [2.75, 3.05) is 36.4 Å². The number of amides is 2. The van der Waals surface area contributed by atoms with E-state index < -0.39 is 0 Å². The highest BCUT2D eigenvalue weighted by Gasteiger charge is 2.23. The number of nitrogens with one attached hydrogen (secondary N) is 1. The van der Waals surface area contributed by atoms with Gasteiger partial charge in [-0.1, -0.05) is 56.3 Å². The van der Waals surface area contributed by atoms with Crippen LogP contribution in [-0.2, 0) is 19.3 Å². The second-order valence-corrected chi connectivity index (χ2v) is 8.84. The van der Waals surface area contributed by atoms with E-state index in [1.807, 2.05) is 30.0 Å². The Morgan fingerprint density at radius 3 is 2.35 bits per heavy atom. The van der Waals surface area contributed by atoms with Crippen molar-refractivity contribution >= 4 is 17.5 Å². The van der Waals surface area contributed by atoms with Crippen molar-refractivity contribution in [2.24, 2.45) is 0 Å².